The van der Waals surface area contributed by atoms with Crippen LogP contribution in [0.1, 0.15) is 41.7 Å². The van der Waals surface area contributed by atoms with Gasteiger partial charge in [0.05, 0.1) is 0 Å². The van der Waals surface area contributed by atoms with Crippen LogP contribution in [0.2, 0.25) is 0 Å². The molecule has 17 heavy (non-hydrogen) atoms. The Balaban J connectivity index is 2.05. The van der Waals surface area contributed by atoms with Crippen LogP contribution in [0.3, 0.4) is 0 Å². The zero-order valence-electron chi connectivity index (χ0n) is 9.64. The van der Waals surface area contributed by atoms with Crippen molar-refractivity contribution in [3.63, 3.8) is 0 Å². The molecule has 2 nitrogen and oxygen atoms in total. The summed E-state index contributed by atoms with van der Waals surface area (Å²) >= 11 is 1.56. The van der Waals surface area contributed by atoms with E-state index in [1.807, 2.05) is 11.4 Å². The van der Waals surface area contributed by atoms with E-state index in [4.69, 9.17) is 0 Å². The molecule has 1 heterocycles. The van der Waals surface area contributed by atoms with Gasteiger partial charge in [-0.25, -0.2) is 4.98 Å². The van der Waals surface area contributed by atoms with E-state index < -0.39 is 0 Å². The quantitative estimate of drug-likeness (QED) is 0.765. The summed E-state index contributed by atoms with van der Waals surface area (Å²) in [7, 11) is 0. The van der Waals surface area contributed by atoms with Crippen LogP contribution in [0.15, 0.2) is 29.6 Å². The molecule has 0 unspecified atom stereocenters. The molecule has 86 valence electrons. The third kappa shape index (κ3) is 2.03. The van der Waals surface area contributed by atoms with Crippen LogP contribution in [0.4, 0.5) is 0 Å². The molecule has 2 aromatic rings. The van der Waals surface area contributed by atoms with Gasteiger partial charge in [-0.1, -0.05) is 24.3 Å². The van der Waals surface area contributed by atoms with Crippen molar-refractivity contribution in [2.24, 2.45) is 0 Å². The van der Waals surface area contributed by atoms with Crippen molar-refractivity contribution in [2.75, 3.05) is 0 Å². The molecule has 3 rings (SSSR count). The molecule has 1 saturated carbocycles. The van der Waals surface area contributed by atoms with E-state index in [2.05, 4.69) is 23.2 Å². The molecular formula is C14H13NOS. The van der Waals surface area contributed by atoms with Crippen molar-refractivity contribution < 1.29 is 4.79 Å². The molecule has 0 saturated heterocycles. The topological polar surface area (TPSA) is 30.0 Å². The Labute approximate surface area is 104 Å². The molecule has 1 aromatic carbocycles. The number of hydrogen-bond donors (Lipinski definition) is 0. The SMILES string of the molecule is CC(=O)c1csc(-c2ccccc2C2CC2)n1. The van der Waals surface area contributed by atoms with Crippen LogP contribution in [-0.4, -0.2) is 10.8 Å². The van der Waals surface area contributed by atoms with E-state index in [0.29, 0.717) is 11.6 Å². The first-order valence-electron chi connectivity index (χ1n) is 5.81. The molecule has 0 atom stereocenters. The zero-order valence-corrected chi connectivity index (χ0v) is 10.5. The van der Waals surface area contributed by atoms with E-state index in [9.17, 15) is 4.79 Å². The van der Waals surface area contributed by atoms with Crippen LogP contribution in [0.25, 0.3) is 10.6 Å². The molecule has 1 fully saturated rings. The van der Waals surface area contributed by atoms with Gasteiger partial charge in [0.25, 0.3) is 0 Å². The Morgan fingerprint density at radius 3 is 2.76 bits per heavy atom. The Kier molecular flexibility index (Phi) is 2.56. The molecule has 0 aliphatic heterocycles. The molecular weight excluding hydrogens is 230 g/mol. The fourth-order valence-electron chi connectivity index (χ4n) is 2.00. The van der Waals surface area contributed by atoms with E-state index in [0.717, 1.165) is 5.01 Å². The number of nitrogens with zero attached hydrogens (tertiary/aromatic N) is 1. The maximum absolute atomic E-state index is 11.3. The fourth-order valence-corrected chi connectivity index (χ4v) is 2.91. The minimum atomic E-state index is 0.0383. The number of rotatable bonds is 3. The second-order valence-electron chi connectivity index (χ2n) is 4.46. The van der Waals surface area contributed by atoms with E-state index >= 15 is 0 Å². The van der Waals surface area contributed by atoms with Gasteiger partial charge in [-0.05, 0) is 24.3 Å². The average Bonchev–Trinajstić information content (AvgIpc) is 3.06. The number of benzene rings is 1. The molecule has 1 aliphatic carbocycles. The monoisotopic (exact) mass is 243 g/mol. The van der Waals surface area contributed by atoms with Crippen LogP contribution in [0, 0.1) is 0 Å². The average molecular weight is 243 g/mol. The molecule has 1 aliphatic rings. The summed E-state index contributed by atoms with van der Waals surface area (Å²) in [6.45, 7) is 1.56. The van der Waals surface area contributed by atoms with Crippen LogP contribution in [-0.2, 0) is 0 Å². The van der Waals surface area contributed by atoms with Crippen LogP contribution >= 0.6 is 11.3 Å². The molecule has 0 spiro atoms. The first-order valence-corrected chi connectivity index (χ1v) is 6.69. The Bertz CT molecular complexity index is 569. The maximum Gasteiger partial charge on any atom is 0.178 e. The van der Waals surface area contributed by atoms with Crippen molar-refractivity contribution in [1.29, 1.82) is 0 Å². The molecule has 0 radical (unpaired) electrons. The first-order chi connectivity index (χ1) is 8.25. The highest BCUT2D eigenvalue weighted by Crippen LogP contribution is 2.44. The summed E-state index contributed by atoms with van der Waals surface area (Å²) in [6, 6.07) is 8.41. The summed E-state index contributed by atoms with van der Waals surface area (Å²) in [5.74, 6) is 0.743. The molecule has 1 aromatic heterocycles. The Hall–Kier alpha value is -1.48. The number of ketones is 1. The Morgan fingerprint density at radius 2 is 2.12 bits per heavy atom. The lowest BCUT2D eigenvalue weighted by Crippen LogP contribution is -1.92. The minimum absolute atomic E-state index is 0.0383. The summed E-state index contributed by atoms with van der Waals surface area (Å²) < 4.78 is 0. The first kappa shape index (κ1) is 10.7. The van der Waals surface area contributed by atoms with Gasteiger partial charge in [-0.2, -0.15) is 0 Å². The normalized spacial score (nSPS) is 14.9. The summed E-state index contributed by atoms with van der Waals surface area (Å²) in [4.78, 5) is 15.7. The maximum atomic E-state index is 11.3. The summed E-state index contributed by atoms with van der Waals surface area (Å²) in [5.41, 5.74) is 3.17. The lowest BCUT2D eigenvalue weighted by molar-refractivity contribution is 0.101. The van der Waals surface area contributed by atoms with Gasteiger partial charge in [-0.3, -0.25) is 4.79 Å². The van der Waals surface area contributed by atoms with Gasteiger partial charge in [0.2, 0.25) is 0 Å². The van der Waals surface area contributed by atoms with E-state index in [-0.39, 0.29) is 5.78 Å². The number of thiazole rings is 1. The third-order valence-electron chi connectivity index (χ3n) is 3.07. The second kappa shape index (κ2) is 4.08. The van der Waals surface area contributed by atoms with E-state index in [1.54, 1.807) is 18.3 Å². The molecule has 3 heteroatoms. The van der Waals surface area contributed by atoms with Crippen molar-refractivity contribution in [1.82, 2.24) is 4.98 Å². The standard InChI is InChI=1S/C14H13NOS/c1-9(16)13-8-17-14(15-13)12-5-3-2-4-11(12)10-6-7-10/h2-5,8,10H,6-7H2,1H3. The van der Waals surface area contributed by atoms with Crippen molar-refractivity contribution in [3.05, 3.63) is 40.9 Å². The number of carbonyl (C=O) groups is 1. The van der Waals surface area contributed by atoms with E-state index in [1.165, 1.54) is 24.0 Å². The van der Waals surface area contributed by atoms with Gasteiger partial charge in [0.15, 0.2) is 5.78 Å². The number of hydrogen-bond acceptors (Lipinski definition) is 3. The van der Waals surface area contributed by atoms with Crippen LogP contribution < -0.4 is 0 Å². The number of aromatic nitrogens is 1. The molecule has 0 bridgehead atoms. The van der Waals surface area contributed by atoms with Gasteiger partial charge >= 0.3 is 0 Å². The smallest absolute Gasteiger partial charge is 0.178 e. The highest BCUT2D eigenvalue weighted by Gasteiger charge is 2.26. The van der Waals surface area contributed by atoms with Gasteiger partial charge in [0, 0.05) is 17.9 Å². The predicted octanol–water partition coefficient (Wildman–Crippen LogP) is 3.89. The third-order valence-corrected chi connectivity index (χ3v) is 3.95. The summed E-state index contributed by atoms with van der Waals surface area (Å²) in [6.07, 6.45) is 2.56. The second-order valence-corrected chi connectivity index (χ2v) is 5.31. The zero-order chi connectivity index (χ0) is 11.8. The van der Waals surface area contributed by atoms with Crippen molar-refractivity contribution in [3.8, 4) is 10.6 Å². The highest BCUT2D eigenvalue weighted by molar-refractivity contribution is 7.13. The number of Topliss-reactive ketones (excluding diaryl/α,β-unsaturated/α-hetero) is 1. The van der Waals surface area contributed by atoms with Gasteiger partial charge in [-0.15, -0.1) is 11.3 Å². The van der Waals surface area contributed by atoms with Crippen molar-refractivity contribution >= 4 is 17.1 Å². The lowest BCUT2D eigenvalue weighted by atomic mass is 10.0. The predicted molar refractivity (Wildman–Crippen MR) is 69.5 cm³/mol. The minimum Gasteiger partial charge on any atom is -0.293 e. The molecule has 0 N–H and O–H groups in total. The lowest BCUT2D eigenvalue weighted by Gasteiger charge is -2.04. The van der Waals surface area contributed by atoms with Crippen molar-refractivity contribution in [2.45, 2.75) is 25.7 Å². The van der Waals surface area contributed by atoms with Gasteiger partial charge in [0.1, 0.15) is 10.7 Å². The summed E-state index contributed by atoms with van der Waals surface area (Å²) in [5, 5.41) is 2.82. The highest BCUT2D eigenvalue weighted by atomic mass is 32.1. The Morgan fingerprint density at radius 1 is 1.35 bits per heavy atom. The fraction of sp³-hybridized carbons (Fsp3) is 0.286. The largest absolute Gasteiger partial charge is 0.293 e. The van der Waals surface area contributed by atoms with Gasteiger partial charge < -0.3 is 0 Å². The number of carbonyl (C=O) groups excluding carboxylic acids is 1. The van der Waals surface area contributed by atoms with Crippen LogP contribution in [0.5, 0.6) is 0 Å². The molecule has 0 amide bonds.